The molecule has 0 fully saturated rings. The first-order valence-corrected chi connectivity index (χ1v) is 3.13. The first-order chi connectivity index (χ1) is 3.93. The Balaban J connectivity index is 2.51. The minimum absolute atomic E-state index is 1.000. The second kappa shape index (κ2) is 2.65. The average molecular weight is 109 g/mol. The fraction of sp³-hybridized carbons (Fsp3) is 0.571. The summed E-state index contributed by atoms with van der Waals surface area (Å²) < 4.78 is 0. The minimum atomic E-state index is 1.000. The summed E-state index contributed by atoms with van der Waals surface area (Å²) in [6, 6.07) is 0. The predicted molar refractivity (Wildman–Crippen MR) is 36.4 cm³/mol. The molecule has 0 saturated carbocycles. The third-order valence-corrected chi connectivity index (χ3v) is 1.28. The van der Waals surface area contributed by atoms with Crippen LogP contribution in [0.3, 0.4) is 0 Å². The summed E-state index contributed by atoms with van der Waals surface area (Å²) in [4.78, 5) is 4.28. The van der Waals surface area contributed by atoms with Crippen LogP contribution in [-0.4, -0.2) is 12.3 Å². The van der Waals surface area contributed by atoms with Gasteiger partial charge in [0.25, 0.3) is 0 Å². The van der Waals surface area contributed by atoms with E-state index in [0.29, 0.717) is 0 Å². The lowest BCUT2D eigenvalue weighted by molar-refractivity contribution is 0.980. The summed E-state index contributed by atoms with van der Waals surface area (Å²) in [6.07, 6.45) is 6.51. The van der Waals surface area contributed by atoms with Crippen molar-refractivity contribution in [2.45, 2.75) is 19.8 Å². The van der Waals surface area contributed by atoms with E-state index in [2.05, 4.69) is 24.1 Å². The second-order valence-corrected chi connectivity index (χ2v) is 1.92. The van der Waals surface area contributed by atoms with E-state index >= 15 is 0 Å². The molecular weight excluding hydrogens is 98.1 g/mol. The van der Waals surface area contributed by atoms with Crippen LogP contribution in [0, 0.1) is 0 Å². The van der Waals surface area contributed by atoms with Gasteiger partial charge in [0.1, 0.15) is 0 Å². The van der Waals surface area contributed by atoms with Gasteiger partial charge >= 0.3 is 0 Å². The number of allylic oxidation sites excluding steroid dienone is 1. The maximum Gasteiger partial charge on any atom is 0.0427 e. The molecule has 0 aromatic heterocycles. The van der Waals surface area contributed by atoms with E-state index in [1.54, 1.807) is 0 Å². The zero-order chi connectivity index (χ0) is 5.82. The Morgan fingerprint density at radius 2 is 2.62 bits per heavy atom. The summed E-state index contributed by atoms with van der Waals surface area (Å²) in [6.45, 7) is 3.13. The zero-order valence-corrected chi connectivity index (χ0v) is 5.22. The quantitative estimate of drug-likeness (QED) is 0.487. The summed E-state index contributed by atoms with van der Waals surface area (Å²) in [7, 11) is 0. The fourth-order valence-electron chi connectivity index (χ4n) is 0.784. The van der Waals surface area contributed by atoms with Gasteiger partial charge in [-0.15, -0.1) is 0 Å². The topological polar surface area (TPSA) is 12.4 Å². The van der Waals surface area contributed by atoms with Crippen molar-refractivity contribution < 1.29 is 0 Å². The molecule has 44 valence electrons. The molecule has 1 aliphatic rings. The van der Waals surface area contributed by atoms with E-state index in [4.69, 9.17) is 0 Å². The van der Waals surface area contributed by atoms with Gasteiger partial charge in [0.15, 0.2) is 0 Å². The first kappa shape index (κ1) is 5.54. The molecule has 1 heteroatoms. The number of rotatable bonds is 1. The number of hydrogen-bond donors (Lipinski definition) is 0. The normalized spacial score (nSPS) is 18.4. The molecule has 0 aromatic carbocycles. The van der Waals surface area contributed by atoms with Gasteiger partial charge in [0.2, 0.25) is 0 Å². The minimum Gasteiger partial charge on any atom is -0.289 e. The number of dihydropyridines is 1. The summed E-state index contributed by atoms with van der Waals surface area (Å²) in [5.74, 6) is 0. The third-order valence-electron chi connectivity index (χ3n) is 1.28. The van der Waals surface area contributed by atoms with E-state index in [1.165, 1.54) is 5.71 Å². The summed E-state index contributed by atoms with van der Waals surface area (Å²) >= 11 is 0. The summed E-state index contributed by atoms with van der Waals surface area (Å²) in [5, 5.41) is 0. The van der Waals surface area contributed by atoms with Crippen molar-refractivity contribution in [3.63, 3.8) is 0 Å². The Morgan fingerprint density at radius 1 is 1.75 bits per heavy atom. The molecule has 0 bridgehead atoms. The van der Waals surface area contributed by atoms with Gasteiger partial charge in [-0.25, -0.2) is 0 Å². The predicted octanol–water partition coefficient (Wildman–Crippen LogP) is 1.80. The van der Waals surface area contributed by atoms with Crippen LogP contribution in [0.2, 0.25) is 0 Å². The molecule has 0 aromatic rings. The van der Waals surface area contributed by atoms with E-state index in [0.717, 1.165) is 19.4 Å². The standard InChI is InChI=1S/C7H11N/c1-2-7-5-3-4-6-8-7/h3,5H,2,4,6H2,1H3. The highest BCUT2D eigenvalue weighted by atomic mass is 14.7. The van der Waals surface area contributed by atoms with Crippen molar-refractivity contribution in [1.82, 2.24) is 0 Å². The van der Waals surface area contributed by atoms with Gasteiger partial charge in [-0.05, 0) is 18.9 Å². The fourth-order valence-corrected chi connectivity index (χ4v) is 0.784. The Kier molecular flexibility index (Phi) is 1.84. The lowest BCUT2D eigenvalue weighted by Crippen LogP contribution is -1.96. The lowest BCUT2D eigenvalue weighted by atomic mass is 10.2. The largest absolute Gasteiger partial charge is 0.289 e. The second-order valence-electron chi connectivity index (χ2n) is 1.92. The molecule has 1 nitrogen and oxygen atoms in total. The van der Waals surface area contributed by atoms with Gasteiger partial charge in [-0.1, -0.05) is 13.0 Å². The van der Waals surface area contributed by atoms with Crippen LogP contribution in [0.15, 0.2) is 17.1 Å². The Morgan fingerprint density at radius 3 is 3.00 bits per heavy atom. The zero-order valence-electron chi connectivity index (χ0n) is 5.22. The highest BCUT2D eigenvalue weighted by Crippen LogP contribution is 1.98. The van der Waals surface area contributed by atoms with Gasteiger partial charge in [0.05, 0.1) is 0 Å². The van der Waals surface area contributed by atoms with Gasteiger partial charge < -0.3 is 0 Å². The van der Waals surface area contributed by atoms with Gasteiger partial charge in [0, 0.05) is 12.3 Å². The van der Waals surface area contributed by atoms with Crippen LogP contribution < -0.4 is 0 Å². The van der Waals surface area contributed by atoms with Crippen molar-refractivity contribution in [3.05, 3.63) is 12.2 Å². The van der Waals surface area contributed by atoms with Gasteiger partial charge in [-0.3, -0.25) is 4.99 Å². The average Bonchev–Trinajstić information content (AvgIpc) is 1.90. The van der Waals surface area contributed by atoms with Crippen LogP contribution in [0.25, 0.3) is 0 Å². The third kappa shape index (κ3) is 1.19. The Labute approximate surface area is 50.1 Å². The summed E-state index contributed by atoms with van der Waals surface area (Å²) in [5.41, 5.74) is 1.25. The molecule has 0 radical (unpaired) electrons. The Hall–Kier alpha value is -0.590. The molecule has 0 aliphatic carbocycles. The molecule has 0 unspecified atom stereocenters. The Bertz CT molecular complexity index is 122. The van der Waals surface area contributed by atoms with Gasteiger partial charge in [-0.2, -0.15) is 0 Å². The van der Waals surface area contributed by atoms with E-state index in [9.17, 15) is 0 Å². The number of nitrogens with zero attached hydrogens (tertiary/aromatic N) is 1. The van der Waals surface area contributed by atoms with Crippen LogP contribution in [0.4, 0.5) is 0 Å². The van der Waals surface area contributed by atoms with Crippen LogP contribution in [-0.2, 0) is 0 Å². The van der Waals surface area contributed by atoms with Crippen molar-refractivity contribution in [1.29, 1.82) is 0 Å². The number of hydrogen-bond acceptors (Lipinski definition) is 1. The van der Waals surface area contributed by atoms with E-state index in [1.807, 2.05) is 0 Å². The molecule has 1 heterocycles. The van der Waals surface area contributed by atoms with Crippen molar-refractivity contribution in [2.75, 3.05) is 6.54 Å². The number of aliphatic imine (C=N–C) groups is 1. The molecule has 0 atom stereocenters. The van der Waals surface area contributed by atoms with Crippen molar-refractivity contribution >= 4 is 5.71 Å². The smallest absolute Gasteiger partial charge is 0.0427 e. The van der Waals surface area contributed by atoms with E-state index in [-0.39, 0.29) is 0 Å². The molecule has 0 saturated heterocycles. The van der Waals surface area contributed by atoms with Crippen LogP contribution >= 0.6 is 0 Å². The highest BCUT2D eigenvalue weighted by molar-refractivity contribution is 5.95. The molecule has 1 aliphatic heterocycles. The van der Waals surface area contributed by atoms with Crippen molar-refractivity contribution in [3.8, 4) is 0 Å². The maximum atomic E-state index is 4.28. The van der Waals surface area contributed by atoms with Crippen LogP contribution in [0.5, 0.6) is 0 Å². The first-order valence-electron chi connectivity index (χ1n) is 3.13. The molecule has 1 rings (SSSR count). The SMILES string of the molecule is CCC1=NCCC=C1. The molecule has 0 N–H and O–H groups in total. The molecule has 0 amide bonds. The van der Waals surface area contributed by atoms with E-state index < -0.39 is 0 Å². The highest BCUT2D eigenvalue weighted by Gasteiger charge is 1.92. The molecule has 8 heavy (non-hydrogen) atoms. The van der Waals surface area contributed by atoms with Crippen LogP contribution in [0.1, 0.15) is 19.8 Å². The molecule has 0 spiro atoms. The monoisotopic (exact) mass is 109 g/mol. The lowest BCUT2D eigenvalue weighted by Gasteiger charge is -2.00. The van der Waals surface area contributed by atoms with Crippen molar-refractivity contribution in [2.24, 2.45) is 4.99 Å². The maximum absolute atomic E-state index is 4.28. The molecular formula is C7H11N.